The van der Waals surface area contributed by atoms with E-state index in [1.54, 1.807) is 12.3 Å². The van der Waals surface area contributed by atoms with Crippen LogP contribution in [0.25, 0.3) is 0 Å². The molecule has 21 heavy (non-hydrogen) atoms. The van der Waals surface area contributed by atoms with Gasteiger partial charge in [-0.05, 0) is 24.3 Å². The Balaban J connectivity index is 1.94. The Morgan fingerprint density at radius 1 is 1.19 bits per heavy atom. The average molecular weight is 291 g/mol. The van der Waals surface area contributed by atoms with E-state index in [0.29, 0.717) is 13.0 Å². The first kappa shape index (κ1) is 15.1. The van der Waals surface area contributed by atoms with Crippen LogP contribution in [0.2, 0.25) is 0 Å². The summed E-state index contributed by atoms with van der Waals surface area (Å²) in [5.41, 5.74) is 6.00. The number of nitrogens with zero attached hydrogens (tertiary/aromatic N) is 1. The number of halogens is 2. The first-order chi connectivity index (χ1) is 10.1. The molecule has 0 radical (unpaired) electrons. The fourth-order valence-corrected chi connectivity index (χ4v) is 1.91. The molecule has 0 fully saturated rings. The van der Waals surface area contributed by atoms with Gasteiger partial charge in [0.1, 0.15) is 17.7 Å². The number of aromatic nitrogens is 1. The van der Waals surface area contributed by atoms with Crippen molar-refractivity contribution in [1.82, 2.24) is 10.3 Å². The van der Waals surface area contributed by atoms with E-state index < -0.39 is 29.1 Å². The quantitative estimate of drug-likeness (QED) is 0.881. The van der Waals surface area contributed by atoms with E-state index in [1.165, 1.54) is 6.07 Å². The molecule has 0 saturated carbocycles. The van der Waals surface area contributed by atoms with Crippen LogP contribution in [0.3, 0.4) is 0 Å². The van der Waals surface area contributed by atoms with Gasteiger partial charge in [0.05, 0.1) is 0 Å². The molecular weight excluding hydrogens is 276 g/mol. The molecule has 3 N–H and O–H groups in total. The maximum absolute atomic E-state index is 13.5. The van der Waals surface area contributed by atoms with Crippen LogP contribution in [-0.4, -0.2) is 17.4 Å². The Kier molecular flexibility index (Phi) is 4.94. The Morgan fingerprint density at radius 3 is 2.52 bits per heavy atom. The average Bonchev–Trinajstić information content (AvgIpc) is 2.48. The lowest BCUT2D eigenvalue weighted by atomic mass is 10.1. The third kappa shape index (κ3) is 3.82. The normalized spacial score (nSPS) is 12.0. The number of rotatable bonds is 5. The van der Waals surface area contributed by atoms with Crippen molar-refractivity contribution in [2.45, 2.75) is 12.5 Å². The summed E-state index contributed by atoms with van der Waals surface area (Å²) < 4.78 is 27.1. The van der Waals surface area contributed by atoms with Gasteiger partial charge in [0, 0.05) is 30.4 Å². The van der Waals surface area contributed by atoms with E-state index in [-0.39, 0.29) is 0 Å². The molecule has 4 nitrogen and oxygen atoms in total. The molecule has 0 aliphatic carbocycles. The number of benzene rings is 1. The van der Waals surface area contributed by atoms with Gasteiger partial charge in [0.2, 0.25) is 5.91 Å². The number of hydrogen-bond donors (Lipinski definition) is 2. The topological polar surface area (TPSA) is 68.0 Å². The maximum Gasteiger partial charge on any atom is 0.241 e. The van der Waals surface area contributed by atoms with Crippen molar-refractivity contribution < 1.29 is 13.6 Å². The molecule has 1 aromatic heterocycles. The minimum Gasteiger partial charge on any atom is -0.354 e. The third-order valence-corrected chi connectivity index (χ3v) is 3.00. The summed E-state index contributed by atoms with van der Waals surface area (Å²) in [6, 6.07) is 7.43. The highest BCUT2D eigenvalue weighted by Gasteiger charge is 2.22. The van der Waals surface area contributed by atoms with Gasteiger partial charge in [-0.25, -0.2) is 8.78 Å². The summed E-state index contributed by atoms with van der Waals surface area (Å²) in [5.74, 6) is -2.29. The van der Waals surface area contributed by atoms with Crippen LogP contribution >= 0.6 is 0 Å². The number of carbonyl (C=O) groups excluding carboxylic acids is 1. The van der Waals surface area contributed by atoms with Crippen molar-refractivity contribution in [1.29, 1.82) is 0 Å². The van der Waals surface area contributed by atoms with Gasteiger partial charge in [0.25, 0.3) is 0 Å². The predicted octanol–water partition coefficient (Wildman–Crippen LogP) is 1.72. The van der Waals surface area contributed by atoms with Gasteiger partial charge >= 0.3 is 0 Å². The zero-order valence-electron chi connectivity index (χ0n) is 11.2. The fraction of sp³-hybridized carbons (Fsp3) is 0.200. The molecule has 0 aliphatic heterocycles. The molecule has 0 saturated heterocycles. The standard InChI is InChI=1S/C15H15F2N3O/c16-11-5-3-6-12(17)13(11)14(18)15(21)20-9-7-10-4-1-2-8-19-10/h1-6,8,14H,7,9,18H2,(H,20,21). The molecule has 0 aliphatic rings. The fourth-order valence-electron chi connectivity index (χ4n) is 1.91. The van der Waals surface area contributed by atoms with E-state index in [4.69, 9.17) is 5.73 Å². The molecule has 2 rings (SSSR count). The number of nitrogens with one attached hydrogen (secondary N) is 1. The monoisotopic (exact) mass is 291 g/mol. The van der Waals surface area contributed by atoms with Crippen molar-refractivity contribution in [3.8, 4) is 0 Å². The summed E-state index contributed by atoms with van der Waals surface area (Å²) in [6.07, 6.45) is 2.16. The van der Waals surface area contributed by atoms with Crippen molar-refractivity contribution in [3.63, 3.8) is 0 Å². The lowest BCUT2D eigenvalue weighted by molar-refractivity contribution is -0.122. The highest BCUT2D eigenvalue weighted by molar-refractivity contribution is 5.83. The predicted molar refractivity (Wildman–Crippen MR) is 74.2 cm³/mol. The summed E-state index contributed by atoms with van der Waals surface area (Å²) in [6.45, 7) is 0.291. The lowest BCUT2D eigenvalue weighted by Gasteiger charge is -2.14. The second-order valence-electron chi connectivity index (χ2n) is 4.48. The molecular formula is C15H15F2N3O. The van der Waals surface area contributed by atoms with Crippen molar-refractivity contribution >= 4 is 5.91 Å². The van der Waals surface area contributed by atoms with E-state index in [1.807, 2.05) is 12.1 Å². The Bertz CT molecular complexity index is 599. The van der Waals surface area contributed by atoms with Gasteiger partial charge in [0.15, 0.2) is 0 Å². The van der Waals surface area contributed by atoms with Crippen LogP contribution in [0.15, 0.2) is 42.6 Å². The highest BCUT2D eigenvalue weighted by Crippen LogP contribution is 2.18. The molecule has 110 valence electrons. The first-order valence-corrected chi connectivity index (χ1v) is 6.46. The van der Waals surface area contributed by atoms with Crippen LogP contribution in [0.1, 0.15) is 17.3 Å². The lowest BCUT2D eigenvalue weighted by Crippen LogP contribution is -2.36. The van der Waals surface area contributed by atoms with Gasteiger partial charge in [-0.1, -0.05) is 12.1 Å². The highest BCUT2D eigenvalue weighted by atomic mass is 19.1. The van der Waals surface area contributed by atoms with Crippen molar-refractivity contribution in [2.75, 3.05) is 6.54 Å². The summed E-state index contributed by atoms with van der Waals surface area (Å²) in [4.78, 5) is 16.0. The molecule has 1 amide bonds. The number of amides is 1. The van der Waals surface area contributed by atoms with E-state index in [0.717, 1.165) is 17.8 Å². The Hall–Kier alpha value is -2.34. The SMILES string of the molecule is NC(C(=O)NCCc1ccccn1)c1c(F)cccc1F. The molecule has 0 bridgehead atoms. The van der Waals surface area contributed by atoms with Crippen molar-refractivity contribution in [2.24, 2.45) is 5.73 Å². The number of nitrogens with two attached hydrogens (primary N) is 1. The number of hydrogen-bond acceptors (Lipinski definition) is 3. The third-order valence-electron chi connectivity index (χ3n) is 3.00. The zero-order chi connectivity index (χ0) is 15.2. The van der Waals surface area contributed by atoms with Gasteiger partial charge in [-0.2, -0.15) is 0 Å². The smallest absolute Gasteiger partial charge is 0.241 e. The number of pyridine rings is 1. The minimum atomic E-state index is -1.38. The molecule has 1 heterocycles. The number of carbonyl (C=O) groups is 1. The summed E-state index contributed by atoms with van der Waals surface area (Å²) in [7, 11) is 0. The summed E-state index contributed by atoms with van der Waals surface area (Å²) in [5, 5.41) is 2.55. The molecule has 0 spiro atoms. The van der Waals surface area contributed by atoms with E-state index in [2.05, 4.69) is 10.3 Å². The Labute approximate surface area is 121 Å². The zero-order valence-corrected chi connectivity index (χ0v) is 11.2. The maximum atomic E-state index is 13.5. The van der Waals surface area contributed by atoms with Crippen molar-refractivity contribution in [3.05, 3.63) is 65.5 Å². The second-order valence-corrected chi connectivity index (χ2v) is 4.48. The van der Waals surface area contributed by atoms with Crippen LogP contribution in [0, 0.1) is 11.6 Å². The summed E-state index contributed by atoms with van der Waals surface area (Å²) >= 11 is 0. The first-order valence-electron chi connectivity index (χ1n) is 6.46. The molecule has 1 unspecified atom stereocenters. The second kappa shape index (κ2) is 6.90. The van der Waals surface area contributed by atoms with Crippen LogP contribution < -0.4 is 11.1 Å². The van der Waals surface area contributed by atoms with Crippen LogP contribution in [0.4, 0.5) is 8.78 Å². The van der Waals surface area contributed by atoms with E-state index >= 15 is 0 Å². The Morgan fingerprint density at radius 2 is 1.90 bits per heavy atom. The van der Waals surface area contributed by atoms with Crippen LogP contribution in [0.5, 0.6) is 0 Å². The molecule has 2 aromatic rings. The van der Waals surface area contributed by atoms with Gasteiger partial charge in [-0.15, -0.1) is 0 Å². The molecule has 6 heteroatoms. The minimum absolute atomic E-state index is 0.291. The van der Waals surface area contributed by atoms with Crippen LogP contribution in [-0.2, 0) is 11.2 Å². The molecule has 1 aromatic carbocycles. The van der Waals surface area contributed by atoms with E-state index in [9.17, 15) is 13.6 Å². The van der Waals surface area contributed by atoms with Gasteiger partial charge in [-0.3, -0.25) is 9.78 Å². The van der Waals surface area contributed by atoms with Gasteiger partial charge < -0.3 is 11.1 Å². The molecule has 1 atom stereocenters. The largest absolute Gasteiger partial charge is 0.354 e.